The van der Waals surface area contributed by atoms with Gasteiger partial charge in [-0.05, 0) is 18.6 Å². The fraction of sp³-hybridized carbons (Fsp3) is 0.600. The Bertz CT molecular complexity index is 530. The van der Waals surface area contributed by atoms with Gasteiger partial charge in [-0.2, -0.15) is 26.3 Å². The summed E-state index contributed by atoms with van der Waals surface area (Å²) in [4.78, 5) is 0. The van der Waals surface area contributed by atoms with Gasteiger partial charge < -0.3 is 10.5 Å². The number of nitrogens with two attached hydrogens (primary N) is 1. The summed E-state index contributed by atoms with van der Waals surface area (Å²) in [5.74, 6) is -0.490. The highest BCUT2D eigenvalue weighted by atomic mass is 35.5. The van der Waals surface area contributed by atoms with Crippen LogP contribution in [0.4, 0.5) is 26.3 Å². The number of hydrogen-bond donors (Lipinski definition) is 1. The topological polar surface area (TPSA) is 35.2 Å². The molecule has 1 aromatic rings. The van der Waals surface area contributed by atoms with Gasteiger partial charge in [-0.25, -0.2) is 0 Å². The summed E-state index contributed by atoms with van der Waals surface area (Å²) in [6.07, 6.45) is -7.41. The Hall–Kier alpha value is -1.15. The maximum atomic E-state index is 13.2. The monoisotopic (exact) mass is 379 g/mol. The molecule has 0 saturated heterocycles. The third-order valence-electron chi connectivity index (χ3n) is 3.48. The largest absolute Gasteiger partial charge is 0.496 e. The first kappa shape index (κ1) is 22.9. The predicted molar refractivity (Wildman–Crippen MR) is 81.3 cm³/mol. The molecule has 24 heavy (non-hydrogen) atoms. The first-order chi connectivity index (χ1) is 10.5. The molecule has 0 aromatic heterocycles. The standard InChI is InChI=1S/C15H19F6NO.ClH/c1-3-4-5-6-11(22)13-10(15(19,20)21)7-9(14(16,17)18)8-12(13)23-2;/h7-8,11H,3-6,22H2,1-2H3;1H/t11-;/m0./s1. The maximum Gasteiger partial charge on any atom is 0.416 e. The van der Waals surface area contributed by atoms with Gasteiger partial charge in [-0.15, -0.1) is 12.4 Å². The molecule has 0 aliphatic rings. The number of rotatable bonds is 6. The van der Waals surface area contributed by atoms with Gasteiger partial charge >= 0.3 is 12.4 Å². The van der Waals surface area contributed by atoms with Crippen LogP contribution in [-0.2, 0) is 12.4 Å². The average molecular weight is 380 g/mol. The number of ether oxygens (including phenoxy) is 1. The van der Waals surface area contributed by atoms with Crippen molar-refractivity contribution in [1.82, 2.24) is 0 Å². The van der Waals surface area contributed by atoms with Crippen LogP contribution in [0.3, 0.4) is 0 Å². The van der Waals surface area contributed by atoms with Crippen molar-refractivity contribution in [3.05, 3.63) is 28.8 Å². The molecule has 0 bridgehead atoms. The van der Waals surface area contributed by atoms with Crippen molar-refractivity contribution in [2.75, 3.05) is 7.11 Å². The molecule has 0 radical (unpaired) electrons. The average Bonchev–Trinajstić information content (AvgIpc) is 2.44. The lowest BCUT2D eigenvalue weighted by molar-refractivity contribution is -0.143. The summed E-state index contributed by atoms with van der Waals surface area (Å²) in [6, 6.07) is -0.391. The Labute approximate surface area is 142 Å². The van der Waals surface area contributed by atoms with Gasteiger partial charge in [-0.1, -0.05) is 26.2 Å². The molecule has 1 rings (SSSR count). The Kier molecular flexibility index (Phi) is 8.38. The fourth-order valence-electron chi connectivity index (χ4n) is 2.33. The fourth-order valence-corrected chi connectivity index (χ4v) is 2.33. The number of alkyl halides is 6. The van der Waals surface area contributed by atoms with E-state index in [0.717, 1.165) is 20.0 Å². The minimum absolute atomic E-state index is 0. The Morgan fingerprint density at radius 1 is 1.04 bits per heavy atom. The lowest BCUT2D eigenvalue weighted by atomic mass is 9.93. The van der Waals surface area contributed by atoms with E-state index in [4.69, 9.17) is 10.5 Å². The molecule has 0 fully saturated rings. The van der Waals surface area contributed by atoms with E-state index in [1.165, 1.54) is 0 Å². The zero-order valence-corrected chi connectivity index (χ0v) is 14.0. The molecule has 0 aliphatic heterocycles. The van der Waals surface area contributed by atoms with Crippen molar-refractivity contribution in [1.29, 1.82) is 0 Å². The SMILES string of the molecule is CCCCC[C@H](N)c1c(OC)cc(C(F)(F)F)cc1C(F)(F)F.Cl. The van der Waals surface area contributed by atoms with Crippen molar-refractivity contribution in [2.45, 2.75) is 51.0 Å². The van der Waals surface area contributed by atoms with Gasteiger partial charge in [0.05, 0.1) is 18.2 Å². The molecule has 0 spiro atoms. The summed E-state index contributed by atoms with van der Waals surface area (Å²) >= 11 is 0. The van der Waals surface area contributed by atoms with E-state index in [9.17, 15) is 26.3 Å². The zero-order chi connectivity index (χ0) is 17.8. The van der Waals surface area contributed by atoms with Crippen LogP contribution in [0.25, 0.3) is 0 Å². The summed E-state index contributed by atoms with van der Waals surface area (Å²) in [5, 5.41) is 0. The van der Waals surface area contributed by atoms with Gasteiger partial charge in [0.1, 0.15) is 5.75 Å². The summed E-state index contributed by atoms with van der Waals surface area (Å²) in [6.45, 7) is 1.92. The first-order valence-corrected chi connectivity index (χ1v) is 7.14. The van der Waals surface area contributed by atoms with Gasteiger partial charge in [0, 0.05) is 11.6 Å². The van der Waals surface area contributed by atoms with Gasteiger partial charge in [0.2, 0.25) is 0 Å². The molecule has 9 heteroatoms. The van der Waals surface area contributed by atoms with E-state index in [-0.39, 0.29) is 24.9 Å². The second kappa shape index (κ2) is 8.80. The number of methoxy groups -OCH3 is 1. The Morgan fingerprint density at radius 2 is 1.62 bits per heavy atom. The van der Waals surface area contributed by atoms with Crippen LogP contribution < -0.4 is 10.5 Å². The van der Waals surface area contributed by atoms with E-state index in [1.807, 2.05) is 6.92 Å². The van der Waals surface area contributed by atoms with Crippen molar-refractivity contribution < 1.29 is 31.1 Å². The second-order valence-corrected chi connectivity index (χ2v) is 5.24. The normalized spacial score (nSPS) is 13.4. The van der Waals surface area contributed by atoms with E-state index in [1.54, 1.807) is 0 Å². The van der Waals surface area contributed by atoms with Crippen LogP contribution in [0, 0.1) is 0 Å². The summed E-state index contributed by atoms with van der Waals surface area (Å²) < 4.78 is 82.8. The first-order valence-electron chi connectivity index (χ1n) is 7.14. The summed E-state index contributed by atoms with van der Waals surface area (Å²) in [7, 11) is 1.03. The number of unbranched alkanes of at least 4 members (excludes halogenated alkanes) is 2. The minimum atomic E-state index is -4.95. The van der Waals surface area contributed by atoms with Crippen molar-refractivity contribution in [3.63, 3.8) is 0 Å². The number of halogens is 7. The van der Waals surface area contributed by atoms with E-state index >= 15 is 0 Å². The van der Waals surface area contributed by atoms with Crippen molar-refractivity contribution in [2.24, 2.45) is 5.73 Å². The van der Waals surface area contributed by atoms with Crippen LogP contribution in [0.2, 0.25) is 0 Å². The van der Waals surface area contributed by atoms with Gasteiger partial charge in [0.25, 0.3) is 0 Å². The van der Waals surface area contributed by atoms with Crippen LogP contribution in [0.5, 0.6) is 5.75 Å². The molecule has 0 unspecified atom stereocenters. The lowest BCUT2D eigenvalue weighted by Crippen LogP contribution is -2.20. The lowest BCUT2D eigenvalue weighted by Gasteiger charge is -2.23. The quantitative estimate of drug-likeness (QED) is 0.505. The van der Waals surface area contributed by atoms with Crippen LogP contribution >= 0.6 is 12.4 Å². The molecule has 2 nitrogen and oxygen atoms in total. The molecule has 140 valence electrons. The third kappa shape index (κ3) is 5.73. The second-order valence-electron chi connectivity index (χ2n) is 5.24. The van der Waals surface area contributed by atoms with Gasteiger partial charge in [0.15, 0.2) is 0 Å². The molecular formula is C15H20ClF6NO. The summed E-state index contributed by atoms with van der Waals surface area (Å²) in [5.41, 5.74) is 2.57. The Balaban J connectivity index is 0.00000529. The highest BCUT2D eigenvalue weighted by molar-refractivity contribution is 5.85. The number of hydrogen-bond acceptors (Lipinski definition) is 2. The molecule has 0 amide bonds. The molecule has 0 saturated carbocycles. The highest BCUT2D eigenvalue weighted by Crippen LogP contribution is 2.44. The number of benzene rings is 1. The van der Waals surface area contributed by atoms with Crippen LogP contribution in [0.15, 0.2) is 12.1 Å². The van der Waals surface area contributed by atoms with E-state index < -0.39 is 40.8 Å². The highest BCUT2D eigenvalue weighted by Gasteiger charge is 2.40. The van der Waals surface area contributed by atoms with Crippen molar-refractivity contribution >= 4 is 12.4 Å². The predicted octanol–water partition coefficient (Wildman–Crippen LogP) is 5.73. The molecule has 0 aliphatic carbocycles. The molecule has 1 aromatic carbocycles. The van der Waals surface area contributed by atoms with Gasteiger partial charge in [-0.3, -0.25) is 0 Å². The van der Waals surface area contributed by atoms with Crippen molar-refractivity contribution in [3.8, 4) is 5.75 Å². The third-order valence-corrected chi connectivity index (χ3v) is 3.48. The smallest absolute Gasteiger partial charge is 0.416 e. The molecular weight excluding hydrogens is 360 g/mol. The van der Waals surface area contributed by atoms with Crippen LogP contribution in [0.1, 0.15) is 55.3 Å². The maximum absolute atomic E-state index is 13.2. The zero-order valence-electron chi connectivity index (χ0n) is 13.2. The van der Waals surface area contributed by atoms with E-state index in [2.05, 4.69) is 0 Å². The minimum Gasteiger partial charge on any atom is -0.496 e. The molecule has 2 N–H and O–H groups in total. The Morgan fingerprint density at radius 3 is 2.04 bits per heavy atom. The van der Waals surface area contributed by atoms with Crippen LogP contribution in [-0.4, -0.2) is 7.11 Å². The molecule has 0 heterocycles. The van der Waals surface area contributed by atoms with E-state index in [0.29, 0.717) is 12.5 Å². The molecule has 1 atom stereocenters.